The van der Waals surface area contributed by atoms with E-state index in [1.807, 2.05) is 0 Å². The second-order valence-electron chi connectivity index (χ2n) is 5.68. The molecule has 0 radical (unpaired) electrons. The molecule has 2 unspecified atom stereocenters. The predicted molar refractivity (Wildman–Crippen MR) is 80.4 cm³/mol. The number of hydrogen-bond donors (Lipinski definition) is 3. The van der Waals surface area contributed by atoms with Crippen LogP contribution in [0.15, 0.2) is 24.3 Å². The number of fused-ring (bicyclic) bond motifs is 1. The van der Waals surface area contributed by atoms with Gasteiger partial charge in [-0.25, -0.2) is 0 Å². The van der Waals surface area contributed by atoms with Gasteiger partial charge in [-0.1, -0.05) is 24.6 Å². The zero-order chi connectivity index (χ0) is 13.2. The van der Waals surface area contributed by atoms with E-state index in [1.165, 1.54) is 41.4 Å². The smallest absolute Gasteiger partial charge is 0.0458 e. The molecule has 1 aliphatic rings. The van der Waals surface area contributed by atoms with Gasteiger partial charge in [-0.3, -0.25) is 0 Å². The van der Waals surface area contributed by atoms with E-state index in [4.69, 9.17) is 5.73 Å². The van der Waals surface area contributed by atoms with Crippen molar-refractivity contribution in [1.29, 1.82) is 0 Å². The van der Waals surface area contributed by atoms with Gasteiger partial charge in [-0.15, -0.1) is 0 Å². The average Bonchev–Trinajstić information content (AvgIpc) is 2.94. The molecule has 0 amide bonds. The molecule has 1 heterocycles. The fourth-order valence-electron chi connectivity index (χ4n) is 3.28. The van der Waals surface area contributed by atoms with E-state index in [1.54, 1.807) is 0 Å². The summed E-state index contributed by atoms with van der Waals surface area (Å²) in [4.78, 5) is 3.46. The number of aromatic nitrogens is 1. The molecule has 3 rings (SSSR count). The maximum absolute atomic E-state index is 6.09. The molecule has 2 atom stereocenters. The summed E-state index contributed by atoms with van der Waals surface area (Å²) in [6, 6.07) is 9.41. The van der Waals surface area contributed by atoms with Gasteiger partial charge in [0.25, 0.3) is 0 Å². The van der Waals surface area contributed by atoms with Crippen LogP contribution in [0.1, 0.15) is 30.5 Å². The van der Waals surface area contributed by atoms with Gasteiger partial charge in [0.1, 0.15) is 0 Å². The van der Waals surface area contributed by atoms with Crippen LogP contribution in [0.4, 0.5) is 0 Å². The maximum atomic E-state index is 6.09. The third kappa shape index (κ3) is 2.53. The van der Waals surface area contributed by atoms with Gasteiger partial charge in [-0.2, -0.15) is 0 Å². The number of para-hydroxylation sites is 1. The molecule has 0 aliphatic heterocycles. The molecule has 3 nitrogen and oxygen atoms in total. The maximum Gasteiger partial charge on any atom is 0.0458 e. The Morgan fingerprint density at radius 2 is 2.16 bits per heavy atom. The summed E-state index contributed by atoms with van der Waals surface area (Å²) in [6.45, 7) is 3.18. The molecule has 1 saturated carbocycles. The Balaban J connectivity index is 1.66. The molecule has 1 aromatic carbocycles. The summed E-state index contributed by atoms with van der Waals surface area (Å²) in [6.07, 6.45) is 4.74. The van der Waals surface area contributed by atoms with E-state index < -0.39 is 0 Å². The fourth-order valence-corrected chi connectivity index (χ4v) is 3.28. The third-order valence-corrected chi connectivity index (χ3v) is 4.38. The number of H-pyrrole nitrogens is 1. The molecule has 19 heavy (non-hydrogen) atoms. The van der Waals surface area contributed by atoms with Crippen molar-refractivity contribution in [3.05, 3.63) is 35.5 Å². The van der Waals surface area contributed by atoms with Gasteiger partial charge in [0, 0.05) is 28.7 Å². The van der Waals surface area contributed by atoms with E-state index in [9.17, 15) is 0 Å². The van der Waals surface area contributed by atoms with Gasteiger partial charge >= 0.3 is 0 Å². The summed E-state index contributed by atoms with van der Waals surface area (Å²) < 4.78 is 0. The number of aryl methyl sites for hydroxylation is 1. The molecule has 0 spiro atoms. The Labute approximate surface area is 114 Å². The largest absolute Gasteiger partial charge is 0.358 e. The number of hydrogen-bond acceptors (Lipinski definition) is 2. The first-order valence-electron chi connectivity index (χ1n) is 7.31. The van der Waals surface area contributed by atoms with Crippen molar-refractivity contribution < 1.29 is 0 Å². The molecule has 4 N–H and O–H groups in total. The lowest BCUT2D eigenvalue weighted by Crippen LogP contribution is -2.41. The molecule has 1 fully saturated rings. The summed E-state index contributed by atoms with van der Waals surface area (Å²) in [5, 5.41) is 4.98. The number of nitrogens with one attached hydrogen (secondary N) is 2. The van der Waals surface area contributed by atoms with Crippen LogP contribution in [0.2, 0.25) is 0 Å². The van der Waals surface area contributed by atoms with Gasteiger partial charge in [0.15, 0.2) is 0 Å². The van der Waals surface area contributed by atoms with Crippen molar-refractivity contribution in [2.75, 3.05) is 6.54 Å². The van der Waals surface area contributed by atoms with Crippen LogP contribution < -0.4 is 11.1 Å². The zero-order valence-electron chi connectivity index (χ0n) is 11.6. The topological polar surface area (TPSA) is 53.8 Å². The lowest BCUT2D eigenvalue weighted by atomic mass is 10.1. The van der Waals surface area contributed by atoms with Crippen LogP contribution in [0.5, 0.6) is 0 Å². The Kier molecular flexibility index (Phi) is 3.58. The average molecular weight is 257 g/mol. The highest BCUT2D eigenvalue weighted by Gasteiger charge is 2.22. The highest BCUT2D eigenvalue weighted by Crippen LogP contribution is 2.22. The number of benzene rings is 1. The zero-order valence-corrected chi connectivity index (χ0v) is 11.6. The van der Waals surface area contributed by atoms with Crippen LogP contribution in [0.3, 0.4) is 0 Å². The van der Waals surface area contributed by atoms with Gasteiger partial charge in [0.2, 0.25) is 0 Å². The van der Waals surface area contributed by atoms with Crippen LogP contribution in [0, 0.1) is 6.92 Å². The second-order valence-corrected chi connectivity index (χ2v) is 5.68. The fraction of sp³-hybridized carbons (Fsp3) is 0.500. The van der Waals surface area contributed by atoms with Crippen LogP contribution >= 0.6 is 0 Å². The minimum Gasteiger partial charge on any atom is -0.358 e. The van der Waals surface area contributed by atoms with Crippen molar-refractivity contribution in [2.24, 2.45) is 5.73 Å². The lowest BCUT2D eigenvalue weighted by molar-refractivity contribution is 0.479. The SMILES string of the molecule is Cc1[nH]c2ccccc2c1CCNC1CCCC1N. The van der Waals surface area contributed by atoms with Crippen LogP contribution in [-0.4, -0.2) is 23.6 Å². The first kappa shape index (κ1) is 12.7. The monoisotopic (exact) mass is 257 g/mol. The Morgan fingerprint density at radius 1 is 1.32 bits per heavy atom. The molecule has 0 bridgehead atoms. The van der Waals surface area contributed by atoms with Crippen molar-refractivity contribution in [1.82, 2.24) is 10.3 Å². The third-order valence-electron chi connectivity index (χ3n) is 4.38. The second kappa shape index (κ2) is 5.35. The van der Waals surface area contributed by atoms with Crippen molar-refractivity contribution >= 4 is 10.9 Å². The van der Waals surface area contributed by atoms with Crippen molar-refractivity contribution in [3.63, 3.8) is 0 Å². The van der Waals surface area contributed by atoms with E-state index in [2.05, 4.69) is 41.5 Å². The highest BCUT2D eigenvalue weighted by atomic mass is 15.0. The first-order valence-corrected chi connectivity index (χ1v) is 7.31. The van der Waals surface area contributed by atoms with Crippen LogP contribution in [-0.2, 0) is 6.42 Å². The normalized spacial score (nSPS) is 23.3. The molecule has 102 valence electrons. The Bertz CT molecular complexity index is 558. The highest BCUT2D eigenvalue weighted by molar-refractivity contribution is 5.84. The first-order chi connectivity index (χ1) is 9.25. The molecule has 0 saturated heterocycles. The van der Waals surface area contributed by atoms with E-state index in [0.29, 0.717) is 12.1 Å². The van der Waals surface area contributed by atoms with Gasteiger partial charge in [0.05, 0.1) is 0 Å². The molecular formula is C16H23N3. The molecule has 2 aromatic rings. The summed E-state index contributed by atoms with van der Waals surface area (Å²) in [5.41, 5.74) is 10.1. The Morgan fingerprint density at radius 3 is 2.95 bits per heavy atom. The van der Waals surface area contributed by atoms with E-state index >= 15 is 0 Å². The summed E-state index contributed by atoms with van der Waals surface area (Å²) in [5.74, 6) is 0. The predicted octanol–water partition coefficient (Wildman–Crippen LogP) is 2.49. The molecule has 1 aromatic heterocycles. The van der Waals surface area contributed by atoms with E-state index in [0.717, 1.165) is 13.0 Å². The van der Waals surface area contributed by atoms with Crippen molar-refractivity contribution in [2.45, 2.75) is 44.7 Å². The van der Waals surface area contributed by atoms with E-state index in [-0.39, 0.29) is 0 Å². The van der Waals surface area contributed by atoms with Crippen molar-refractivity contribution in [3.8, 4) is 0 Å². The van der Waals surface area contributed by atoms with Crippen LogP contribution in [0.25, 0.3) is 10.9 Å². The minimum absolute atomic E-state index is 0.351. The standard InChI is InChI=1S/C16H23N3/c1-11-12(13-5-2-3-7-15(13)19-11)9-10-18-16-8-4-6-14(16)17/h2-3,5,7,14,16,18-19H,4,6,8-10,17H2,1H3. The number of rotatable bonds is 4. The molecule has 3 heteroatoms. The number of nitrogens with two attached hydrogens (primary N) is 1. The number of aromatic amines is 1. The molecule has 1 aliphatic carbocycles. The van der Waals surface area contributed by atoms with Gasteiger partial charge in [-0.05, 0) is 44.4 Å². The minimum atomic E-state index is 0.351. The van der Waals surface area contributed by atoms with Gasteiger partial charge < -0.3 is 16.0 Å². The summed E-state index contributed by atoms with van der Waals surface area (Å²) >= 11 is 0. The quantitative estimate of drug-likeness (QED) is 0.788. The molecular weight excluding hydrogens is 234 g/mol. The Hall–Kier alpha value is -1.32. The lowest BCUT2D eigenvalue weighted by Gasteiger charge is -2.17. The summed E-state index contributed by atoms with van der Waals surface area (Å²) in [7, 11) is 0.